The quantitative estimate of drug-likeness (QED) is 0.768. The number of hydrogen-bond acceptors (Lipinski definition) is 3. The van der Waals surface area contributed by atoms with Gasteiger partial charge in [0.15, 0.2) is 0 Å². The van der Waals surface area contributed by atoms with Crippen LogP contribution in [0.1, 0.15) is 29.1 Å². The first-order chi connectivity index (χ1) is 10.1. The van der Waals surface area contributed by atoms with Crippen molar-refractivity contribution in [3.8, 4) is 0 Å². The number of H-pyrrole nitrogens is 1. The maximum atomic E-state index is 11.9. The molecule has 21 heavy (non-hydrogen) atoms. The number of rotatable bonds is 5. The van der Waals surface area contributed by atoms with E-state index < -0.39 is 0 Å². The number of amides is 2. The molecule has 2 rings (SSSR count). The Morgan fingerprint density at radius 1 is 1.43 bits per heavy atom. The number of carbonyl (C=O) groups excluding carboxylic acids is 2. The van der Waals surface area contributed by atoms with Gasteiger partial charge >= 0.3 is 0 Å². The Morgan fingerprint density at radius 2 is 2.24 bits per heavy atom. The van der Waals surface area contributed by atoms with Crippen LogP contribution in [0.4, 0.5) is 0 Å². The fourth-order valence-electron chi connectivity index (χ4n) is 1.77. The van der Waals surface area contributed by atoms with Gasteiger partial charge in [0.25, 0.3) is 5.91 Å². The van der Waals surface area contributed by atoms with Crippen molar-refractivity contribution in [2.75, 3.05) is 6.54 Å². The average molecular weight is 351 g/mol. The second kappa shape index (κ2) is 7.03. The maximum absolute atomic E-state index is 11.9. The van der Waals surface area contributed by atoms with Crippen molar-refractivity contribution in [2.45, 2.75) is 13.0 Å². The lowest BCUT2D eigenvalue weighted by atomic mass is 10.2. The van der Waals surface area contributed by atoms with Crippen LogP contribution in [0.25, 0.3) is 0 Å². The Labute approximate surface area is 130 Å². The van der Waals surface area contributed by atoms with Gasteiger partial charge in [0, 0.05) is 22.4 Å². The molecule has 6 nitrogen and oxygen atoms in total. The van der Waals surface area contributed by atoms with Crippen LogP contribution >= 0.6 is 15.9 Å². The monoisotopic (exact) mass is 350 g/mol. The first kappa shape index (κ1) is 15.2. The zero-order chi connectivity index (χ0) is 15.2. The average Bonchev–Trinajstić information content (AvgIpc) is 2.99. The first-order valence-electron chi connectivity index (χ1n) is 6.38. The molecule has 2 aromatic rings. The highest BCUT2D eigenvalue weighted by atomic mass is 79.9. The topological polar surface area (TPSA) is 86.9 Å². The normalized spacial score (nSPS) is 11.7. The van der Waals surface area contributed by atoms with E-state index in [1.54, 1.807) is 30.6 Å². The Kier molecular flexibility index (Phi) is 5.10. The molecule has 0 saturated heterocycles. The third kappa shape index (κ3) is 4.42. The Hall–Kier alpha value is -2.15. The van der Waals surface area contributed by atoms with Gasteiger partial charge in [-0.2, -0.15) is 0 Å². The Bertz CT molecular complexity index is 628. The van der Waals surface area contributed by atoms with Crippen molar-refractivity contribution < 1.29 is 9.59 Å². The van der Waals surface area contributed by atoms with E-state index in [-0.39, 0.29) is 24.4 Å². The molecule has 0 bridgehead atoms. The van der Waals surface area contributed by atoms with Crippen molar-refractivity contribution in [1.82, 2.24) is 20.6 Å². The standard InChI is InChI=1S/C14H15BrN4O2/c1-9(13-16-5-6-17-13)19-12(20)8-18-14(21)10-3-2-4-11(15)7-10/h2-7,9H,8H2,1H3,(H,16,17)(H,18,21)(H,19,20). The number of halogens is 1. The van der Waals surface area contributed by atoms with E-state index in [0.29, 0.717) is 11.4 Å². The van der Waals surface area contributed by atoms with Crippen LogP contribution < -0.4 is 10.6 Å². The van der Waals surface area contributed by atoms with Gasteiger partial charge in [-0.25, -0.2) is 4.98 Å². The minimum Gasteiger partial charge on any atom is -0.347 e. The molecule has 110 valence electrons. The summed E-state index contributed by atoms with van der Waals surface area (Å²) in [6.07, 6.45) is 3.31. The largest absolute Gasteiger partial charge is 0.347 e. The lowest BCUT2D eigenvalue weighted by molar-refractivity contribution is -0.120. The fraction of sp³-hybridized carbons (Fsp3) is 0.214. The molecule has 2 amide bonds. The smallest absolute Gasteiger partial charge is 0.251 e. The summed E-state index contributed by atoms with van der Waals surface area (Å²) in [5, 5.41) is 5.32. The van der Waals surface area contributed by atoms with Crippen LogP contribution in [0, 0.1) is 0 Å². The first-order valence-corrected chi connectivity index (χ1v) is 7.18. The molecular formula is C14H15BrN4O2. The second-order valence-corrected chi connectivity index (χ2v) is 5.37. The number of aromatic amines is 1. The molecule has 3 N–H and O–H groups in total. The van der Waals surface area contributed by atoms with Gasteiger partial charge in [-0.3, -0.25) is 9.59 Å². The summed E-state index contributed by atoms with van der Waals surface area (Å²) >= 11 is 3.30. The van der Waals surface area contributed by atoms with E-state index >= 15 is 0 Å². The molecule has 1 aromatic heterocycles. The minimum absolute atomic E-state index is 0.0869. The third-order valence-corrected chi connectivity index (χ3v) is 3.30. The van der Waals surface area contributed by atoms with E-state index in [4.69, 9.17) is 0 Å². The van der Waals surface area contributed by atoms with Gasteiger partial charge < -0.3 is 15.6 Å². The van der Waals surface area contributed by atoms with Gasteiger partial charge in [0.2, 0.25) is 5.91 Å². The third-order valence-electron chi connectivity index (χ3n) is 2.80. The Balaban J connectivity index is 1.82. The van der Waals surface area contributed by atoms with E-state index in [9.17, 15) is 9.59 Å². The van der Waals surface area contributed by atoms with Gasteiger partial charge in [-0.05, 0) is 25.1 Å². The summed E-state index contributed by atoms with van der Waals surface area (Å²) in [7, 11) is 0. The van der Waals surface area contributed by atoms with Gasteiger partial charge in [0.05, 0.1) is 12.6 Å². The second-order valence-electron chi connectivity index (χ2n) is 4.46. The molecule has 1 atom stereocenters. The molecule has 7 heteroatoms. The number of hydrogen-bond donors (Lipinski definition) is 3. The maximum Gasteiger partial charge on any atom is 0.251 e. The van der Waals surface area contributed by atoms with Crippen molar-refractivity contribution in [3.63, 3.8) is 0 Å². The van der Waals surface area contributed by atoms with E-state index in [0.717, 1.165) is 4.47 Å². The molecule has 0 aliphatic rings. The fourth-order valence-corrected chi connectivity index (χ4v) is 2.17. The molecule has 1 aromatic carbocycles. The number of imidazole rings is 1. The zero-order valence-electron chi connectivity index (χ0n) is 11.4. The summed E-state index contributed by atoms with van der Waals surface area (Å²) in [6.45, 7) is 1.73. The summed E-state index contributed by atoms with van der Waals surface area (Å²) in [6, 6.07) is 6.73. The number of nitrogens with zero attached hydrogens (tertiary/aromatic N) is 1. The predicted molar refractivity (Wildman–Crippen MR) is 81.6 cm³/mol. The molecule has 0 fully saturated rings. The van der Waals surface area contributed by atoms with Crippen LogP contribution in [0.3, 0.4) is 0 Å². The molecular weight excluding hydrogens is 336 g/mol. The van der Waals surface area contributed by atoms with Crippen molar-refractivity contribution >= 4 is 27.7 Å². The van der Waals surface area contributed by atoms with Gasteiger partial charge in [0.1, 0.15) is 5.82 Å². The molecule has 0 aliphatic heterocycles. The van der Waals surface area contributed by atoms with E-state index in [2.05, 4.69) is 36.5 Å². The SMILES string of the molecule is CC(NC(=O)CNC(=O)c1cccc(Br)c1)c1ncc[nH]1. The van der Waals surface area contributed by atoms with E-state index in [1.807, 2.05) is 13.0 Å². The van der Waals surface area contributed by atoms with Crippen LogP contribution in [0.15, 0.2) is 41.1 Å². The minimum atomic E-state index is -0.294. The molecule has 0 spiro atoms. The highest BCUT2D eigenvalue weighted by molar-refractivity contribution is 9.10. The predicted octanol–water partition coefficient (Wildman–Crippen LogP) is 1.78. The van der Waals surface area contributed by atoms with Crippen LogP contribution in [0.5, 0.6) is 0 Å². The Morgan fingerprint density at radius 3 is 2.90 bits per heavy atom. The van der Waals surface area contributed by atoms with Crippen LogP contribution in [-0.4, -0.2) is 28.3 Å². The summed E-state index contributed by atoms with van der Waals surface area (Å²) in [5.74, 6) is 0.0982. The number of nitrogens with one attached hydrogen (secondary N) is 3. The molecule has 0 radical (unpaired) electrons. The highest BCUT2D eigenvalue weighted by Gasteiger charge is 2.12. The highest BCUT2D eigenvalue weighted by Crippen LogP contribution is 2.11. The van der Waals surface area contributed by atoms with E-state index in [1.165, 1.54) is 0 Å². The summed E-state index contributed by atoms with van der Waals surface area (Å²) < 4.78 is 0.811. The molecule has 0 saturated carbocycles. The van der Waals surface area contributed by atoms with Crippen LogP contribution in [0.2, 0.25) is 0 Å². The van der Waals surface area contributed by atoms with Gasteiger partial charge in [-0.15, -0.1) is 0 Å². The van der Waals surface area contributed by atoms with Crippen molar-refractivity contribution in [3.05, 3.63) is 52.5 Å². The lowest BCUT2D eigenvalue weighted by Crippen LogP contribution is -2.38. The number of benzene rings is 1. The van der Waals surface area contributed by atoms with Crippen molar-refractivity contribution in [2.24, 2.45) is 0 Å². The lowest BCUT2D eigenvalue weighted by Gasteiger charge is -2.12. The molecule has 0 aliphatic carbocycles. The van der Waals surface area contributed by atoms with Crippen molar-refractivity contribution in [1.29, 1.82) is 0 Å². The molecule has 1 heterocycles. The number of carbonyl (C=O) groups is 2. The number of aromatic nitrogens is 2. The van der Waals surface area contributed by atoms with Gasteiger partial charge in [-0.1, -0.05) is 22.0 Å². The zero-order valence-corrected chi connectivity index (χ0v) is 13.0. The molecule has 1 unspecified atom stereocenters. The summed E-state index contributed by atoms with van der Waals surface area (Å²) in [5.41, 5.74) is 0.497. The van der Waals surface area contributed by atoms with Crippen LogP contribution in [-0.2, 0) is 4.79 Å². The summed E-state index contributed by atoms with van der Waals surface area (Å²) in [4.78, 5) is 30.6.